The van der Waals surface area contributed by atoms with Gasteiger partial charge in [0.05, 0.1) is 0 Å². The van der Waals surface area contributed by atoms with Crippen LogP contribution >= 0.6 is 0 Å². The molecule has 2 aromatic carbocycles. The maximum absolute atomic E-state index is 2.75. The summed E-state index contributed by atoms with van der Waals surface area (Å²) >= 11 is 0. The first kappa shape index (κ1) is 22.0. The topological polar surface area (TPSA) is 6.48 Å². The minimum absolute atomic E-state index is 0.514. The van der Waals surface area contributed by atoms with Gasteiger partial charge in [-0.1, -0.05) is 90.0 Å². The third-order valence-corrected chi connectivity index (χ3v) is 6.52. The van der Waals surface area contributed by atoms with Gasteiger partial charge in [-0.3, -0.25) is 0 Å². The molecule has 2 heteroatoms. The van der Waals surface area contributed by atoms with Crippen molar-refractivity contribution in [1.29, 1.82) is 0 Å². The van der Waals surface area contributed by atoms with Gasteiger partial charge in [-0.2, -0.15) is 0 Å². The summed E-state index contributed by atoms with van der Waals surface area (Å²) in [6, 6.07) is 13.8. The van der Waals surface area contributed by atoms with Crippen LogP contribution in [-0.4, -0.2) is 19.3 Å². The highest BCUT2D eigenvalue weighted by Gasteiger charge is 2.32. The van der Waals surface area contributed by atoms with E-state index in [1.165, 1.54) is 106 Å². The average molecular weight is 395 g/mol. The summed E-state index contributed by atoms with van der Waals surface area (Å²) in [5.41, 5.74) is 2.94. The van der Waals surface area contributed by atoms with Crippen LogP contribution in [0.5, 0.6) is 0 Å². The van der Waals surface area contributed by atoms with Crippen LogP contribution in [0.4, 0.5) is 11.4 Å². The fourth-order valence-corrected chi connectivity index (χ4v) is 4.88. The lowest BCUT2D eigenvalue weighted by Gasteiger charge is -2.47. The zero-order valence-electron chi connectivity index (χ0n) is 19.1. The fraction of sp³-hybridized carbons (Fsp3) is 0.630. The van der Waals surface area contributed by atoms with Gasteiger partial charge in [-0.25, -0.2) is 0 Å². The van der Waals surface area contributed by atoms with Crippen molar-refractivity contribution in [2.75, 3.05) is 22.9 Å². The number of benzene rings is 2. The van der Waals surface area contributed by atoms with Gasteiger partial charge < -0.3 is 9.80 Å². The first-order valence-electron chi connectivity index (χ1n) is 12.4. The predicted octanol–water partition coefficient (Wildman–Crippen LogP) is 8.14. The summed E-state index contributed by atoms with van der Waals surface area (Å²) in [7, 11) is 0. The van der Waals surface area contributed by atoms with Gasteiger partial charge in [0, 0.05) is 29.9 Å². The molecular formula is C27H42N2. The molecule has 0 N–H and O–H groups in total. The highest BCUT2D eigenvalue weighted by atomic mass is 15.4. The molecule has 0 fully saturated rings. The van der Waals surface area contributed by atoms with Crippen LogP contribution in [0.15, 0.2) is 36.4 Å². The Bertz CT molecular complexity index is 688. The summed E-state index contributed by atoms with van der Waals surface area (Å²) in [6.45, 7) is 9.28. The van der Waals surface area contributed by atoms with Crippen molar-refractivity contribution in [3.8, 4) is 0 Å². The van der Waals surface area contributed by atoms with Crippen LogP contribution in [-0.2, 0) is 0 Å². The molecule has 0 radical (unpaired) electrons. The molecule has 2 aromatic rings. The van der Waals surface area contributed by atoms with Crippen molar-refractivity contribution in [1.82, 2.24) is 0 Å². The highest BCUT2D eigenvalue weighted by Crippen LogP contribution is 2.43. The summed E-state index contributed by atoms with van der Waals surface area (Å²) < 4.78 is 0. The molecule has 0 aliphatic carbocycles. The molecule has 0 spiro atoms. The van der Waals surface area contributed by atoms with Crippen LogP contribution in [0.3, 0.4) is 0 Å². The molecule has 160 valence electrons. The van der Waals surface area contributed by atoms with Gasteiger partial charge in [0.15, 0.2) is 0 Å². The molecule has 2 nitrogen and oxygen atoms in total. The monoisotopic (exact) mass is 394 g/mol. The third-order valence-electron chi connectivity index (χ3n) is 6.52. The van der Waals surface area contributed by atoms with Crippen molar-refractivity contribution in [2.45, 2.75) is 97.6 Å². The number of rotatable bonds is 13. The largest absolute Gasteiger partial charge is 0.351 e. The van der Waals surface area contributed by atoms with Gasteiger partial charge in [-0.15, -0.1) is 0 Å². The lowest BCUT2D eigenvalue weighted by atomic mass is 9.98. The van der Waals surface area contributed by atoms with Crippen LogP contribution in [0.1, 0.15) is 91.4 Å². The smallest absolute Gasteiger partial charge is 0.102 e. The number of nitrogens with zero attached hydrogens (tertiary/aromatic N) is 2. The molecular weight excluding hydrogens is 352 g/mol. The van der Waals surface area contributed by atoms with Gasteiger partial charge in [0.2, 0.25) is 0 Å². The Labute approximate surface area is 179 Å². The third kappa shape index (κ3) is 5.27. The first-order chi connectivity index (χ1) is 14.3. The van der Waals surface area contributed by atoms with Crippen molar-refractivity contribution in [3.63, 3.8) is 0 Å². The molecule has 1 aliphatic rings. The Balaban J connectivity index is 1.88. The van der Waals surface area contributed by atoms with Gasteiger partial charge in [-0.05, 0) is 43.2 Å². The summed E-state index contributed by atoms with van der Waals surface area (Å²) in [4.78, 5) is 5.50. The van der Waals surface area contributed by atoms with Crippen molar-refractivity contribution in [3.05, 3.63) is 36.4 Å². The van der Waals surface area contributed by atoms with Crippen LogP contribution < -0.4 is 9.80 Å². The van der Waals surface area contributed by atoms with Crippen LogP contribution in [0.25, 0.3) is 10.8 Å². The minimum atomic E-state index is 0.514. The Hall–Kier alpha value is -1.70. The molecule has 0 bridgehead atoms. The van der Waals surface area contributed by atoms with E-state index in [0.717, 1.165) is 0 Å². The number of hydrogen-bond donors (Lipinski definition) is 0. The Morgan fingerprint density at radius 3 is 1.69 bits per heavy atom. The van der Waals surface area contributed by atoms with Gasteiger partial charge >= 0.3 is 0 Å². The second-order valence-corrected chi connectivity index (χ2v) is 8.78. The molecule has 3 rings (SSSR count). The van der Waals surface area contributed by atoms with Crippen LogP contribution in [0.2, 0.25) is 0 Å². The number of hydrogen-bond acceptors (Lipinski definition) is 2. The first-order valence-corrected chi connectivity index (χ1v) is 12.4. The molecule has 0 saturated heterocycles. The van der Waals surface area contributed by atoms with E-state index in [9.17, 15) is 0 Å². The lowest BCUT2D eigenvalue weighted by Crippen LogP contribution is -2.52. The zero-order valence-corrected chi connectivity index (χ0v) is 19.1. The molecule has 0 saturated carbocycles. The van der Waals surface area contributed by atoms with Crippen molar-refractivity contribution < 1.29 is 0 Å². The Morgan fingerprint density at radius 1 is 0.621 bits per heavy atom. The van der Waals surface area contributed by atoms with Crippen molar-refractivity contribution in [2.24, 2.45) is 0 Å². The highest BCUT2D eigenvalue weighted by molar-refractivity contribution is 6.05. The van der Waals surface area contributed by atoms with E-state index < -0.39 is 0 Å². The van der Waals surface area contributed by atoms with E-state index >= 15 is 0 Å². The minimum Gasteiger partial charge on any atom is -0.351 e. The maximum Gasteiger partial charge on any atom is 0.102 e. The Kier molecular flexibility index (Phi) is 8.70. The van der Waals surface area contributed by atoms with E-state index in [2.05, 4.69) is 67.0 Å². The molecule has 1 heterocycles. The zero-order chi connectivity index (χ0) is 20.5. The van der Waals surface area contributed by atoms with Gasteiger partial charge in [0.25, 0.3) is 0 Å². The standard InChI is InChI=1S/C27H42N2/c1-4-7-10-11-12-13-20-26-28(21-8-5-2)24-18-14-16-23-17-15-19-25(27(23)24)29(26)22-9-6-3/h14-19,26H,4-13,20-22H2,1-3H3. The molecule has 0 aromatic heterocycles. The molecule has 29 heavy (non-hydrogen) atoms. The summed E-state index contributed by atoms with van der Waals surface area (Å²) in [5, 5.41) is 2.86. The molecule has 0 atom stereocenters. The molecule has 0 amide bonds. The van der Waals surface area contributed by atoms with Crippen molar-refractivity contribution >= 4 is 22.1 Å². The second kappa shape index (κ2) is 11.5. The van der Waals surface area contributed by atoms with E-state index in [1.807, 2.05) is 0 Å². The van der Waals surface area contributed by atoms with E-state index in [0.29, 0.717) is 6.17 Å². The molecule has 1 aliphatic heterocycles. The SMILES string of the molecule is CCCCCCCCC1N(CCCC)c2cccc3cccc(c23)N1CCCC. The van der Waals surface area contributed by atoms with E-state index in [1.54, 1.807) is 0 Å². The Morgan fingerprint density at radius 2 is 1.14 bits per heavy atom. The second-order valence-electron chi connectivity index (χ2n) is 8.78. The predicted molar refractivity (Wildman–Crippen MR) is 130 cm³/mol. The maximum atomic E-state index is 2.75. The number of unbranched alkanes of at least 4 members (excludes halogenated alkanes) is 7. The van der Waals surface area contributed by atoms with Gasteiger partial charge in [0.1, 0.15) is 6.17 Å². The van der Waals surface area contributed by atoms with E-state index in [-0.39, 0.29) is 0 Å². The lowest BCUT2D eigenvalue weighted by molar-refractivity contribution is 0.468. The average Bonchev–Trinajstić information content (AvgIpc) is 2.75. The summed E-state index contributed by atoms with van der Waals surface area (Å²) in [6.07, 6.45) is 15.1. The fourth-order valence-electron chi connectivity index (χ4n) is 4.88. The van der Waals surface area contributed by atoms with E-state index in [4.69, 9.17) is 0 Å². The quantitative estimate of drug-likeness (QED) is 0.316. The van der Waals surface area contributed by atoms with Crippen LogP contribution in [0, 0.1) is 0 Å². The number of anilines is 2. The normalized spacial score (nSPS) is 14.2. The molecule has 0 unspecified atom stereocenters. The summed E-state index contributed by atoms with van der Waals surface area (Å²) in [5.74, 6) is 0.